The van der Waals surface area contributed by atoms with E-state index >= 15 is 0 Å². The molecule has 0 aliphatic heterocycles. The van der Waals surface area contributed by atoms with Crippen LogP contribution in [0.2, 0.25) is 0 Å². The first kappa shape index (κ1) is 21.8. The fourth-order valence-corrected chi connectivity index (χ4v) is 3.18. The third kappa shape index (κ3) is 5.62. The molecule has 0 fully saturated rings. The van der Waals surface area contributed by atoms with E-state index < -0.39 is 6.04 Å². The third-order valence-corrected chi connectivity index (χ3v) is 4.88. The van der Waals surface area contributed by atoms with Crippen LogP contribution < -0.4 is 10.6 Å². The van der Waals surface area contributed by atoms with Crippen molar-refractivity contribution in [2.24, 2.45) is 0 Å². The molecule has 0 radical (unpaired) electrons. The molecule has 1 unspecified atom stereocenters. The molecule has 3 aromatic heterocycles. The van der Waals surface area contributed by atoms with E-state index in [1.165, 1.54) is 12.3 Å². The van der Waals surface area contributed by atoms with E-state index in [4.69, 9.17) is 4.42 Å². The number of benzene rings is 1. The Morgan fingerprint density at radius 2 is 1.97 bits per heavy atom. The fraction of sp³-hybridized carbons (Fsp3) is 0.120. The minimum absolute atomic E-state index is 0.259. The van der Waals surface area contributed by atoms with E-state index in [1.807, 2.05) is 48.7 Å². The fourth-order valence-electron chi connectivity index (χ4n) is 3.18. The molecule has 33 heavy (non-hydrogen) atoms. The lowest BCUT2D eigenvalue weighted by molar-refractivity contribution is -0.126. The Morgan fingerprint density at radius 1 is 1.12 bits per heavy atom. The van der Waals surface area contributed by atoms with E-state index in [0.29, 0.717) is 11.5 Å². The summed E-state index contributed by atoms with van der Waals surface area (Å²) in [7, 11) is 0. The first-order chi connectivity index (χ1) is 16.1. The monoisotopic (exact) mass is 441 g/mol. The molecule has 4 rings (SSSR count). The van der Waals surface area contributed by atoms with Gasteiger partial charge in [-0.15, -0.1) is 0 Å². The van der Waals surface area contributed by atoms with Crippen LogP contribution in [0.15, 0.2) is 89.9 Å². The van der Waals surface area contributed by atoms with E-state index in [2.05, 4.69) is 20.7 Å². The number of hydrogen-bond donors (Lipinski definition) is 2. The zero-order valence-corrected chi connectivity index (χ0v) is 18.0. The van der Waals surface area contributed by atoms with Gasteiger partial charge in [0.05, 0.1) is 18.5 Å². The lowest BCUT2D eigenvalue weighted by Crippen LogP contribution is -2.44. The second-order valence-corrected chi connectivity index (χ2v) is 7.32. The van der Waals surface area contributed by atoms with Gasteiger partial charge >= 0.3 is 0 Å². The minimum atomic E-state index is -0.707. The summed E-state index contributed by atoms with van der Waals surface area (Å²) < 4.78 is 6.94. The Balaban J connectivity index is 1.46. The van der Waals surface area contributed by atoms with Gasteiger partial charge in [-0.2, -0.15) is 5.10 Å². The van der Waals surface area contributed by atoms with E-state index in [-0.39, 0.29) is 18.4 Å². The zero-order chi connectivity index (χ0) is 23.0. The van der Waals surface area contributed by atoms with E-state index in [1.54, 1.807) is 42.2 Å². The Bertz CT molecular complexity index is 1230. The lowest BCUT2D eigenvalue weighted by atomic mass is 10.1. The number of carbonyl (C=O) groups is 2. The number of aromatic nitrogens is 3. The van der Waals surface area contributed by atoms with E-state index in [9.17, 15) is 9.59 Å². The largest absolute Gasteiger partial charge is 0.467 e. The average molecular weight is 441 g/mol. The molecule has 0 saturated carbocycles. The van der Waals surface area contributed by atoms with Crippen LogP contribution in [0.1, 0.15) is 18.2 Å². The van der Waals surface area contributed by atoms with Crippen LogP contribution in [0.4, 0.5) is 0 Å². The van der Waals surface area contributed by atoms with Crippen molar-refractivity contribution in [1.82, 2.24) is 25.4 Å². The molecule has 2 N–H and O–H groups in total. The van der Waals surface area contributed by atoms with Gasteiger partial charge in [0.25, 0.3) is 0 Å². The molecule has 0 bridgehead atoms. The molecule has 2 amide bonds. The number of nitrogens with one attached hydrogen (secondary N) is 2. The maximum atomic E-state index is 12.5. The number of para-hydroxylation sites is 1. The Labute approximate surface area is 191 Å². The summed E-state index contributed by atoms with van der Waals surface area (Å²) in [6.45, 7) is 1.88. The topological polar surface area (TPSA) is 102 Å². The van der Waals surface area contributed by atoms with Gasteiger partial charge in [-0.1, -0.05) is 18.2 Å². The van der Waals surface area contributed by atoms with Gasteiger partial charge in [0.15, 0.2) is 0 Å². The summed E-state index contributed by atoms with van der Waals surface area (Å²) in [4.78, 5) is 28.9. The normalized spacial score (nSPS) is 11.9. The van der Waals surface area contributed by atoms with Gasteiger partial charge in [0, 0.05) is 35.8 Å². The molecule has 166 valence electrons. The Hall–Kier alpha value is -4.46. The van der Waals surface area contributed by atoms with Gasteiger partial charge in [-0.25, -0.2) is 4.68 Å². The van der Waals surface area contributed by atoms with Crippen LogP contribution in [0.3, 0.4) is 0 Å². The maximum Gasteiger partial charge on any atom is 0.244 e. The van der Waals surface area contributed by atoms with Crippen molar-refractivity contribution in [3.05, 3.63) is 96.9 Å². The second kappa shape index (κ2) is 10.2. The molecule has 3 heterocycles. The highest BCUT2D eigenvalue weighted by Gasteiger charge is 2.15. The van der Waals surface area contributed by atoms with Gasteiger partial charge in [-0.05, 0) is 49.4 Å². The molecule has 8 nitrogen and oxygen atoms in total. The van der Waals surface area contributed by atoms with Crippen molar-refractivity contribution < 1.29 is 14.0 Å². The molecular weight excluding hydrogens is 418 g/mol. The second-order valence-electron chi connectivity index (χ2n) is 7.32. The molecule has 1 aromatic carbocycles. The first-order valence-electron chi connectivity index (χ1n) is 10.4. The van der Waals surface area contributed by atoms with E-state index in [0.717, 1.165) is 16.8 Å². The van der Waals surface area contributed by atoms with Crippen LogP contribution >= 0.6 is 0 Å². The summed E-state index contributed by atoms with van der Waals surface area (Å²) >= 11 is 0. The van der Waals surface area contributed by atoms with Crippen molar-refractivity contribution in [2.45, 2.75) is 19.5 Å². The Morgan fingerprint density at radius 3 is 2.70 bits per heavy atom. The number of furan rings is 1. The summed E-state index contributed by atoms with van der Waals surface area (Å²) in [5.41, 5.74) is 3.17. The van der Waals surface area contributed by atoms with Crippen molar-refractivity contribution >= 4 is 17.9 Å². The predicted molar refractivity (Wildman–Crippen MR) is 124 cm³/mol. The van der Waals surface area contributed by atoms with Gasteiger partial charge < -0.3 is 15.1 Å². The molecule has 0 spiro atoms. The van der Waals surface area contributed by atoms with Gasteiger partial charge in [0.1, 0.15) is 17.5 Å². The number of amides is 2. The molecule has 4 aromatic rings. The minimum Gasteiger partial charge on any atom is -0.467 e. The lowest BCUT2D eigenvalue weighted by Gasteiger charge is -2.12. The summed E-state index contributed by atoms with van der Waals surface area (Å²) in [6.07, 6.45) is 9.87. The van der Waals surface area contributed by atoms with Crippen molar-refractivity contribution in [1.29, 1.82) is 0 Å². The number of nitrogens with zero attached hydrogens (tertiary/aromatic N) is 3. The van der Waals surface area contributed by atoms with Crippen molar-refractivity contribution in [3.8, 4) is 16.9 Å². The quantitative estimate of drug-likeness (QED) is 0.408. The highest BCUT2D eigenvalue weighted by atomic mass is 16.3. The molecular formula is C25H23N5O3. The summed E-state index contributed by atoms with van der Waals surface area (Å²) in [5, 5.41) is 10.1. The van der Waals surface area contributed by atoms with Gasteiger partial charge in [0.2, 0.25) is 11.8 Å². The first-order valence-corrected chi connectivity index (χ1v) is 10.4. The predicted octanol–water partition coefficient (Wildman–Crippen LogP) is 3.36. The maximum absolute atomic E-state index is 12.5. The average Bonchev–Trinajstić information content (AvgIpc) is 3.52. The standard InChI is InChI=1S/C25H23N5O3/c1-18(25(32)27-16-22-10-6-14-33-22)28-23(31)12-11-20-17-30(21-8-3-2-4-9-21)29-24(20)19-7-5-13-26-15-19/h2-15,17-18H,16H2,1H3,(H,27,32)(H,28,31)/b12-11+. The number of pyridine rings is 1. The number of rotatable bonds is 8. The van der Waals surface area contributed by atoms with Crippen LogP contribution in [0.5, 0.6) is 0 Å². The molecule has 0 aliphatic rings. The number of carbonyl (C=O) groups excluding carboxylic acids is 2. The Kier molecular flexibility index (Phi) is 6.75. The highest BCUT2D eigenvalue weighted by Crippen LogP contribution is 2.24. The molecule has 1 atom stereocenters. The number of hydrogen-bond acceptors (Lipinski definition) is 5. The van der Waals surface area contributed by atoms with Crippen molar-refractivity contribution in [2.75, 3.05) is 0 Å². The molecule has 0 saturated heterocycles. The van der Waals surface area contributed by atoms with Crippen LogP contribution in [0, 0.1) is 0 Å². The van der Waals surface area contributed by atoms with Crippen LogP contribution in [0.25, 0.3) is 23.0 Å². The molecule has 8 heteroatoms. The van der Waals surface area contributed by atoms with Crippen LogP contribution in [-0.4, -0.2) is 32.6 Å². The van der Waals surface area contributed by atoms with Gasteiger partial charge in [-0.3, -0.25) is 14.6 Å². The summed E-state index contributed by atoms with van der Waals surface area (Å²) in [6, 6.07) is 16.2. The SMILES string of the molecule is CC(NC(=O)/C=C/c1cn(-c2ccccc2)nc1-c1cccnc1)C(=O)NCc1ccco1. The smallest absolute Gasteiger partial charge is 0.244 e. The highest BCUT2D eigenvalue weighted by molar-refractivity contribution is 5.96. The van der Waals surface area contributed by atoms with Crippen LogP contribution in [-0.2, 0) is 16.1 Å². The summed E-state index contributed by atoms with van der Waals surface area (Å²) in [5.74, 6) is -0.0542. The van der Waals surface area contributed by atoms with Crippen molar-refractivity contribution in [3.63, 3.8) is 0 Å². The zero-order valence-electron chi connectivity index (χ0n) is 18.0. The molecule has 0 aliphatic carbocycles. The third-order valence-electron chi connectivity index (χ3n) is 4.88.